The first-order valence-electron chi connectivity index (χ1n) is 7.75. The Morgan fingerprint density at radius 1 is 1.00 bits per heavy atom. The van der Waals surface area contributed by atoms with E-state index < -0.39 is 0 Å². The first kappa shape index (κ1) is 16.2. The predicted molar refractivity (Wildman–Crippen MR) is 98.7 cm³/mol. The fourth-order valence-corrected chi connectivity index (χ4v) is 2.28. The third-order valence-electron chi connectivity index (χ3n) is 3.55. The van der Waals surface area contributed by atoms with Crippen LogP contribution in [0.15, 0.2) is 72.9 Å². The van der Waals surface area contributed by atoms with E-state index in [9.17, 15) is 4.79 Å². The van der Waals surface area contributed by atoms with E-state index >= 15 is 0 Å². The van der Waals surface area contributed by atoms with Gasteiger partial charge in [-0.3, -0.25) is 9.78 Å². The highest BCUT2D eigenvalue weighted by Gasteiger charge is 2.06. The number of pyridine rings is 1. The third kappa shape index (κ3) is 4.40. The molecule has 0 saturated heterocycles. The quantitative estimate of drug-likeness (QED) is 0.774. The number of benzene rings is 2. The SMILES string of the molecule is N#Cc1ccc(C(=O)Nc2cccc(C=Cc3ccccn3)c2)cc1. The number of carbonyl (C=O) groups is 1. The standard InChI is InChI=1S/C21H15N3O/c22-15-17-7-10-18(11-8-17)21(25)24-20-6-3-4-16(14-20)9-12-19-5-1-2-13-23-19/h1-14H,(H,24,25). The second kappa shape index (κ2) is 7.71. The molecule has 0 atom stereocenters. The largest absolute Gasteiger partial charge is 0.322 e. The van der Waals surface area contributed by atoms with Gasteiger partial charge >= 0.3 is 0 Å². The summed E-state index contributed by atoms with van der Waals surface area (Å²) in [5.41, 5.74) is 3.57. The molecule has 0 saturated carbocycles. The molecule has 1 heterocycles. The highest BCUT2D eigenvalue weighted by Crippen LogP contribution is 2.15. The summed E-state index contributed by atoms with van der Waals surface area (Å²) in [6.07, 6.45) is 5.61. The van der Waals surface area contributed by atoms with Gasteiger partial charge in [0.25, 0.3) is 5.91 Å². The predicted octanol–water partition coefficient (Wildman–Crippen LogP) is 4.38. The van der Waals surface area contributed by atoms with E-state index in [4.69, 9.17) is 5.26 Å². The lowest BCUT2D eigenvalue weighted by molar-refractivity contribution is 0.102. The topological polar surface area (TPSA) is 65.8 Å². The van der Waals surface area contributed by atoms with Crippen molar-refractivity contribution in [1.29, 1.82) is 5.26 Å². The molecule has 0 radical (unpaired) electrons. The van der Waals surface area contributed by atoms with Crippen LogP contribution in [0.3, 0.4) is 0 Å². The summed E-state index contributed by atoms with van der Waals surface area (Å²) in [6, 6.07) is 21.8. The van der Waals surface area contributed by atoms with E-state index in [-0.39, 0.29) is 5.91 Å². The second-order valence-corrected chi connectivity index (χ2v) is 5.36. The molecule has 3 aromatic rings. The minimum absolute atomic E-state index is 0.213. The highest BCUT2D eigenvalue weighted by atomic mass is 16.1. The molecule has 1 amide bonds. The number of carbonyl (C=O) groups excluding carboxylic acids is 1. The fourth-order valence-electron chi connectivity index (χ4n) is 2.28. The Kier molecular flexibility index (Phi) is 4.98. The molecule has 3 rings (SSSR count). The maximum Gasteiger partial charge on any atom is 0.255 e. The molecule has 4 heteroatoms. The molecule has 120 valence electrons. The van der Waals surface area contributed by atoms with Crippen LogP contribution in [-0.2, 0) is 0 Å². The van der Waals surface area contributed by atoms with E-state index in [1.165, 1.54) is 0 Å². The molecule has 0 aliphatic rings. The average molecular weight is 325 g/mol. The minimum atomic E-state index is -0.213. The summed E-state index contributed by atoms with van der Waals surface area (Å²) in [5.74, 6) is -0.213. The molecule has 25 heavy (non-hydrogen) atoms. The number of hydrogen-bond donors (Lipinski definition) is 1. The van der Waals surface area contributed by atoms with Gasteiger partial charge in [0.05, 0.1) is 17.3 Å². The molecule has 0 spiro atoms. The van der Waals surface area contributed by atoms with Gasteiger partial charge in [0.15, 0.2) is 0 Å². The van der Waals surface area contributed by atoms with Crippen molar-refractivity contribution in [1.82, 2.24) is 4.98 Å². The van der Waals surface area contributed by atoms with Crippen LogP contribution in [0.2, 0.25) is 0 Å². The van der Waals surface area contributed by atoms with Gasteiger partial charge in [-0.1, -0.05) is 24.3 Å². The van der Waals surface area contributed by atoms with Gasteiger partial charge in [0, 0.05) is 17.4 Å². The van der Waals surface area contributed by atoms with Crippen molar-refractivity contribution < 1.29 is 4.79 Å². The summed E-state index contributed by atoms with van der Waals surface area (Å²) >= 11 is 0. The number of nitriles is 1. The lowest BCUT2D eigenvalue weighted by Gasteiger charge is -2.06. The summed E-state index contributed by atoms with van der Waals surface area (Å²) in [5, 5.41) is 11.7. The van der Waals surface area contributed by atoms with E-state index in [1.54, 1.807) is 30.5 Å². The van der Waals surface area contributed by atoms with Crippen LogP contribution in [0.1, 0.15) is 27.2 Å². The lowest BCUT2D eigenvalue weighted by atomic mass is 10.1. The van der Waals surface area contributed by atoms with Crippen LogP contribution < -0.4 is 5.32 Å². The van der Waals surface area contributed by atoms with Gasteiger partial charge in [-0.05, 0) is 60.2 Å². The van der Waals surface area contributed by atoms with Crippen LogP contribution in [0.25, 0.3) is 12.2 Å². The smallest absolute Gasteiger partial charge is 0.255 e. The highest BCUT2D eigenvalue weighted by molar-refractivity contribution is 6.04. The van der Waals surface area contributed by atoms with Crippen molar-refractivity contribution in [3.05, 3.63) is 95.3 Å². The van der Waals surface area contributed by atoms with E-state index in [0.717, 1.165) is 11.3 Å². The summed E-state index contributed by atoms with van der Waals surface area (Å²) in [7, 11) is 0. The Bertz CT molecular complexity index is 939. The van der Waals surface area contributed by atoms with Crippen molar-refractivity contribution in [3.63, 3.8) is 0 Å². The Balaban J connectivity index is 1.72. The Labute approximate surface area is 146 Å². The Hall–Kier alpha value is -3.71. The summed E-state index contributed by atoms with van der Waals surface area (Å²) in [6.45, 7) is 0. The summed E-state index contributed by atoms with van der Waals surface area (Å²) in [4.78, 5) is 16.5. The number of aromatic nitrogens is 1. The van der Waals surface area contributed by atoms with Gasteiger partial charge in [-0.2, -0.15) is 5.26 Å². The third-order valence-corrected chi connectivity index (χ3v) is 3.55. The number of rotatable bonds is 4. The molecule has 1 aromatic heterocycles. The number of amides is 1. The van der Waals surface area contributed by atoms with Crippen LogP contribution in [0, 0.1) is 11.3 Å². The lowest BCUT2D eigenvalue weighted by Crippen LogP contribution is -2.11. The molecule has 0 aliphatic carbocycles. The van der Waals surface area contributed by atoms with Gasteiger partial charge in [0.2, 0.25) is 0 Å². The Morgan fingerprint density at radius 3 is 2.56 bits per heavy atom. The number of nitrogens with zero attached hydrogens (tertiary/aromatic N) is 2. The van der Waals surface area contributed by atoms with Gasteiger partial charge in [-0.25, -0.2) is 0 Å². The summed E-state index contributed by atoms with van der Waals surface area (Å²) < 4.78 is 0. The maximum absolute atomic E-state index is 12.3. The van der Waals surface area contributed by atoms with Crippen LogP contribution >= 0.6 is 0 Å². The number of nitrogens with one attached hydrogen (secondary N) is 1. The normalized spacial score (nSPS) is 10.4. The number of anilines is 1. The molecule has 0 unspecified atom stereocenters. The van der Waals surface area contributed by atoms with Crippen molar-refractivity contribution in [2.24, 2.45) is 0 Å². The molecule has 2 aromatic carbocycles. The monoisotopic (exact) mass is 325 g/mol. The number of hydrogen-bond acceptors (Lipinski definition) is 3. The second-order valence-electron chi connectivity index (χ2n) is 5.36. The zero-order valence-electron chi connectivity index (χ0n) is 13.4. The van der Waals surface area contributed by atoms with Gasteiger partial charge in [0.1, 0.15) is 0 Å². The molecule has 0 aliphatic heterocycles. The van der Waals surface area contributed by atoms with Gasteiger partial charge in [-0.15, -0.1) is 0 Å². The van der Waals surface area contributed by atoms with Crippen molar-refractivity contribution in [3.8, 4) is 6.07 Å². The first-order chi connectivity index (χ1) is 12.2. The molecular formula is C21H15N3O. The van der Waals surface area contributed by atoms with Crippen LogP contribution in [0.5, 0.6) is 0 Å². The maximum atomic E-state index is 12.3. The van der Waals surface area contributed by atoms with Crippen molar-refractivity contribution >= 4 is 23.7 Å². The average Bonchev–Trinajstić information content (AvgIpc) is 2.67. The van der Waals surface area contributed by atoms with E-state index in [1.807, 2.05) is 60.7 Å². The minimum Gasteiger partial charge on any atom is -0.322 e. The molecule has 1 N–H and O–H groups in total. The first-order valence-corrected chi connectivity index (χ1v) is 7.75. The zero-order chi connectivity index (χ0) is 17.5. The van der Waals surface area contributed by atoms with Gasteiger partial charge < -0.3 is 5.32 Å². The van der Waals surface area contributed by atoms with Crippen molar-refractivity contribution in [2.45, 2.75) is 0 Å². The van der Waals surface area contributed by atoms with E-state index in [0.29, 0.717) is 16.8 Å². The zero-order valence-corrected chi connectivity index (χ0v) is 13.4. The van der Waals surface area contributed by atoms with Crippen molar-refractivity contribution in [2.75, 3.05) is 5.32 Å². The van der Waals surface area contributed by atoms with Crippen LogP contribution in [0.4, 0.5) is 5.69 Å². The molecule has 0 fully saturated rings. The fraction of sp³-hybridized carbons (Fsp3) is 0. The van der Waals surface area contributed by atoms with Crippen LogP contribution in [-0.4, -0.2) is 10.9 Å². The van der Waals surface area contributed by atoms with E-state index in [2.05, 4.69) is 10.3 Å². The molecule has 0 bridgehead atoms. The molecule has 4 nitrogen and oxygen atoms in total. The Morgan fingerprint density at radius 2 is 1.84 bits per heavy atom. The molecular weight excluding hydrogens is 310 g/mol.